The topological polar surface area (TPSA) is 49.8 Å². The van der Waals surface area contributed by atoms with Crippen LogP contribution in [0.4, 0.5) is 0 Å². The molecule has 0 bridgehead atoms. The first-order chi connectivity index (χ1) is 24.5. The van der Waals surface area contributed by atoms with Crippen LogP contribution in [0.1, 0.15) is 30.5 Å². The van der Waals surface area contributed by atoms with Crippen LogP contribution in [0.3, 0.4) is 0 Å². The van der Waals surface area contributed by atoms with E-state index >= 15 is 0 Å². The van der Waals surface area contributed by atoms with Crippen molar-refractivity contribution in [3.8, 4) is 50.7 Å². The van der Waals surface area contributed by atoms with Gasteiger partial charge in [0.25, 0.3) is 0 Å². The maximum atomic E-state index is 9.55. The summed E-state index contributed by atoms with van der Waals surface area (Å²) in [6, 6.07) is 53.7. The van der Waals surface area contributed by atoms with Crippen molar-refractivity contribution < 1.29 is 4.42 Å². The lowest BCUT2D eigenvalue weighted by molar-refractivity contribution is 0.660. The third-order valence-corrected chi connectivity index (χ3v) is 10.7. The number of hydrogen-bond acceptors (Lipinski definition) is 3. The van der Waals surface area contributed by atoms with Gasteiger partial charge in [0.1, 0.15) is 11.2 Å². The van der Waals surface area contributed by atoms with E-state index in [1.165, 1.54) is 27.8 Å². The monoisotopic (exact) mass is 638 g/mol. The summed E-state index contributed by atoms with van der Waals surface area (Å²) < 4.78 is 6.58. The quantitative estimate of drug-likeness (QED) is 0.181. The largest absolute Gasteiger partial charge is 0.455 e. The molecule has 1 aliphatic rings. The number of pyridine rings is 1. The van der Waals surface area contributed by atoms with E-state index in [0.29, 0.717) is 5.56 Å². The molecule has 1 aliphatic carbocycles. The number of nitrogens with zero attached hydrogens (tertiary/aromatic N) is 2. The van der Waals surface area contributed by atoms with Gasteiger partial charge in [0.15, 0.2) is 0 Å². The van der Waals surface area contributed by atoms with Crippen molar-refractivity contribution in [3.05, 3.63) is 162 Å². The Kier molecular flexibility index (Phi) is 5.99. The van der Waals surface area contributed by atoms with Gasteiger partial charge >= 0.3 is 0 Å². The Labute approximate surface area is 289 Å². The maximum Gasteiger partial charge on any atom is 0.144 e. The lowest BCUT2D eigenvalue weighted by Gasteiger charge is -2.22. The van der Waals surface area contributed by atoms with Crippen LogP contribution < -0.4 is 0 Å². The Morgan fingerprint density at radius 2 is 1.18 bits per heavy atom. The van der Waals surface area contributed by atoms with E-state index in [2.05, 4.69) is 141 Å². The average molecular weight is 639 g/mol. The van der Waals surface area contributed by atoms with Gasteiger partial charge in [-0.05, 0) is 87.0 Å². The number of hydrogen-bond donors (Lipinski definition) is 0. The molecule has 0 saturated heterocycles. The fraction of sp³-hybridized carbons (Fsp3) is 0.0638. The minimum Gasteiger partial charge on any atom is -0.455 e. The standard InChI is InChI=1S/C47H30N2O/c1-47(2)40-23-28(27-48)15-18-34(40)35-19-16-32(25-41(35)47)30-11-8-12-31(24-30)33-17-20-38-42(26-33)49-45(29-9-4-3-5-10-29)39-22-21-37-36-13-6-7-14-43(36)50-46(37)44(38)39/h3-26H,1-2H3. The van der Waals surface area contributed by atoms with Crippen LogP contribution in [0, 0.1) is 11.3 Å². The number of para-hydroxylation sites is 1. The maximum absolute atomic E-state index is 9.55. The number of benzene rings is 7. The summed E-state index contributed by atoms with van der Waals surface area (Å²) >= 11 is 0. The van der Waals surface area contributed by atoms with E-state index < -0.39 is 0 Å². The van der Waals surface area contributed by atoms with Gasteiger partial charge < -0.3 is 4.42 Å². The SMILES string of the molecule is CC1(C)c2cc(C#N)ccc2-c2ccc(-c3cccc(-c4ccc5c(c4)nc(-c4ccccc4)c4ccc6c7ccccc7oc6c45)c3)cc21. The molecule has 0 spiro atoms. The van der Waals surface area contributed by atoms with Crippen LogP contribution in [0.25, 0.3) is 88.3 Å². The minimum atomic E-state index is -0.195. The van der Waals surface area contributed by atoms with Crippen molar-refractivity contribution in [2.24, 2.45) is 0 Å². The summed E-state index contributed by atoms with van der Waals surface area (Å²) in [5, 5.41) is 15.0. The van der Waals surface area contributed by atoms with E-state index in [4.69, 9.17) is 9.40 Å². The molecule has 0 fully saturated rings. The molecule has 0 atom stereocenters. The second kappa shape index (κ2) is 10.5. The minimum absolute atomic E-state index is 0.195. The summed E-state index contributed by atoms with van der Waals surface area (Å²) in [6.45, 7) is 4.52. The van der Waals surface area contributed by atoms with Crippen molar-refractivity contribution >= 4 is 43.6 Å². The molecule has 50 heavy (non-hydrogen) atoms. The first-order valence-corrected chi connectivity index (χ1v) is 17.0. The molecule has 0 aliphatic heterocycles. The zero-order valence-electron chi connectivity index (χ0n) is 27.7. The summed E-state index contributed by atoms with van der Waals surface area (Å²) in [5.41, 5.74) is 14.8. The van der Waals surface area contributed by atoms with Crippen molar-refractivity contribution in [1.82, 2.24) is 4.98 Å². The lowest BCUT2D eigenvalue weighted by atomic mass is 9.81. The Balaban J connectivity index is 1.13. The second-order valence-corrected chi connectivity index (χ2v) is 13.9. The van der Waals surface area contributed by atoms with Crippen LogP contribution in [-0.4, -0.2) is 4.98 Å². The highest BCUT2D eigenvalue weighted by Gasteiger charge is 2.35. The molecule has 234 valence electrons. The highest BCUT2D eigenvalue weighted by Crippen LogP contribution is 2.50. The molecular formula is C47H30N2O. The number of aromatic nitrogens is 1. The van der Waals surface area contributed by atoms with Crippen molar-refractivity contribution in [2.45, 2.75) is 19.3 Å². The third kappa shape index (κ3) is 4.12. The molecule has 0 radical (unpaired) electrons. The summed E-state index contributed by atoms with van der Waals surface area (Å²) in [4.78, 5) is 5.33. The van der Waals surface area contributed by atoms with Gasteiger partial charge in [-0.2, -0.15) is 5.26 Å². The summed E-state index contributed by atoms with van der Waals surface area (Å²) in [7, 11) is 0. The Morgan fingerprint density at radius 1 is 0.540 bits per heavy atom. The summed E-state index contributed by atoms with van der Waals surface area (Å²) in [6.07, 6.45) is 0. The third-order valence-electron chi connectivity index (χ3n) is 10.7. The van der Waals surface area contributed by atoms with Gasteiger partial charge in [0.2, 0.25) is 0 Å². The van der Waals surface area contributed by atoms with E-state index in [0.717, 1.165) is 71.6 Å². The molecule has 2 heterocycles. The van der Waals surface area contributed by atoms with Crippen LogP contribution in [0.2, 0.25) is 0 Å². The van der Waals surface area contributed by atoms with Crippen molar-refractivity contribution in [2.75, 3.05) is 0 Å². The molecule has 3 heteroatoms. The highest BCUT2D eigenvalue weighted by molar-refractivity contribution is 6.24. The smallest absolute Gasteiger partial charge is 0.144 e. The van der Waals surface area contributed by atoms with Gasteiger partial charge in [0, 0.05) is 37.9 Å². The van der Waals surface area contributed by atoms with Crippen molar-refractivity contribution in [1.29, 1.82) is 5.26 Å². The lowest BCUT2D eigenvalue weighted by Crippen LogP contribution is -2.15. The Bertz CT molecular complexity index is 2910. The molecule has 0 saturated carbocycles. The molecule has 10 rings (SSSR count). The normalized spacial score (nSPS) is 13.1. The molecule has 2 aromatic heterocycles. The zero-order valence-corrected chi connectivity index (χ0v) is 27.7. The Morgan fingerprint density at radius 3 is 2.00 bits per heavy atom. The fourth-order valence-electron chi connectivity index (χ4n) is 8.13. The predicted octanol–water partition coefficient (Wildman–Crippen LogP) is 12.5. The fourth-order valence-corrected chi connectivity index (χ4v) is 8.13. The second-order valence-electron chi connectivity index (χ2n) is 13.9. The highest BCUT2D eigenvalue weighted by atomic mass is 16.3. The van der Waals surface area contributed by atoms with Gasteiger partial charge in [-0.15, -0.1) is 0 Å². The van der Waals surface area contributed by atoms with E-state index in [-0.39, 0.29) is 5.41 Å². The molecule has 0 amide bonds. The van der Waals surface area contributed by atoms with Gasteiger partial charge in [0.05, 0.1) is 22.8 Å². The predicted molar refractivity (Wildman–Crippen MR) is 205 cm³/mol. The summed E-state index contributed by atoms with van der Waals surface area (Å²) in [5.74, 6) is 0. The van der Waals surface area contributed by atoms with Crippen molar-refractivity contribution in [3.63, 3.8) is 0 Å². The molecular weight excluding hydrogens is 609 g/mol. The molecule has 9 aromatic rings. The van der Waals surface area contributed by atoms with Crippen LogP contribution in [0.5, 0.6) is 0 Å². The number of rotatable bonds is 3. The number of furan rings is 1. The van der Waals surface area contributed by atoms with E-state index in [1.807, 2.05) is 24.3 Å². The first-order valence-electron chi connectivity index (χ1n) is 17.0. The van der Waals surface area contributed by atoms with Crippen LogP contribution in [0.15, 0.2) is 150 Å². The van der Waals surface area contributed by atoms with Gasteiger partial charge in [-0.1, -0.05) is 117 Å². The molecule has 7 aromatic carbocycles. The van der Waals surface area contributed by atoms with Crippen LogP contribution in [-0.2, 0) is 5.41 Å². The van der Waals surface area contributed by atoms with Crippen LogP contribution >= 0.6 is 0 Å². The van der Waals surface area contributed by atoms with Gasteiger partial charge in [-0.3, -0.25) is 0 Å². The number of fused-ring (bicyclic) bond motifs is 10. The average Bonchev–Trinajstić information content (AvgIpc) is 3.66. The zero-order chi connectivity index (χ0) is 33.6. The molecule has 0 N–H and O–H groups in total. The first kappa shape index (κ1) is 28.5. The molecule has 0 unspecified atom stereocenters. The number of nitriles is 1. The van der Waals surface area contributed by atoms with E-state index in [9.17, 15) is 5.26 Å². The van der Waals surface area contributed by atoms with E-state index in [1.54, 1.807) is 0 Å². The Hall–Kier alpha value is -6.50. The van der Waals surface area contributed by atoms with Gasteiger partial charge in [-0.25, -0.2) is 4.98 Å². The molecule has 3 nitrogen and oxygen atoms in total.